The van der Waals surface area contributed by atoms with Crippen LogP contribution in [0.3, 0.4) is 0 Å². The Hall–Kier alpha value is -1.06. The van der Waals surface area contributed by atoms with E-state index >= 15 is 0 Å². The summed E-state index contributed by atoms with van der Waals surface area (Å²) in [7, 11) is 0. The molecule has 1 fully saturated rings. The van der Waals surface area contributed by atoms with Crippen molar-refractivity contribution in [2.75, 3.05) is 6.54 Å². The van der Waals surface area contributed by atoms with Crippen molar-refractivity contribution < 1.29 is 14.7 Å². The average molecular weight is 269 g/mol. The first-order valence-corrected chi connectivity index (χ1v) is 7.17. The average Bonchev–Trinajstić information content (AvgIpc) is 2.75. The van der Waals surface area contributed by atoms with Crippen molar-refractivity contribution in [3.8, 4) is 0 Å². The summed E-state index contributed by atoms with van der Waals surface area (Å²) in [6.45, 7) is 8.67. The predicted molar refractivity (Wildman–Crippen MR) is 74.8 cm³/mol. The molecular weight excluding hydrogens is 242 g/mol. The molecule has 19 heavy (non-hydrogen) atoms. The van der Waals surface area contributed by atoms with Crippen LogP contribution >= 0.6 is 0 Å². The fourth-order valence-electron chi connectivity index (χ4n) is 2.44. The van der Waals surface area contributed by atoms with Crippen LogP contribution in [-0.4, -0.2) is 23.5 Å². The summed E-state index contributed by atoms with van der Waals surface area (Å²) in [6, 6.07) is 0. The molecule has 4 nitrogen and oxygen atoms in total. The third kappa shape index (κ3) is 4.22. The quantitative estimate of drug-likeness (QED) is 0.806. The topological polar surface area (TPSA) is 66.4 Å². The number of carbonyl (C=O) groups is 2. The Kier molecular flexibility index (Phi) is 4.99. The van der Waals surface area contributed by atoms with Gasteiger partial charge in [-0.25, -0.2) is 0 Å². The van der Waals surface area contributed by atoms with Gasteiger partial charge >= 0.3 is 5.97 Å². The summed E-state index contributed by atoms with van der Waals surface area (Å²) in [5, 5.41) is 12.2. The molecule has 2 N–H and O–H groups in total. The number of rotatable bonds is 5. The molecule has 0 spiro atoms. The molecule has 4 heteroatoms. The lowest BCUT2D eigenvalue weighted by Crippen LogP contribution is -2.42. The van der Waals surface area contributed by atoms with Gasteiger partial charge in [0.15, 0.2) is 0 Å². The van der Waals surface area contributed by atoms with E-state index < -0.39 is 11.4 Å². The maximum atomic E-state index is 11.9. The Morgan fingerprint density at radius 3 is 2.21 bits per heavy atom. The molecule has 0 aromatic rings. The largest absolute Gasteiger partial charge is 0.481 e. The lowest BCUT2D eigenvalue weighted by atomic mass is 9.80. The standard InChI is InChI=1S/C15H27NO3/c1-11(14(2,3)4)9-12(17)16-10-15(13(18)19)7-5-6-8-15/h11H,5-10H2,1-4H3,(H,16,17)(H,18,19). The van der Waals surface area contributed by atoms with Crippen molar-refractivity contribution in [3.05, 3.63) is 0 Å². The molecule has 110 valence electrons. The molecule has 1 atom stereocenters. The SMILES string of the molecule is CC(CC(=O)NCC1(C(=O)O)CCCC1)C(C)(C)C. The van der Waals surface area contributed by atoms with Gasteiger partial charge in [0, 0.05) is 13.0 Å². The maximum Gasteiger partial charge on any atom is 0.311 e. The van der Waals surface area contributed by atoms with Crippen molar-refractivity contribution in [3.63, 3.8) is 0 Å². The summed E-state index contributed by atoms with van der Waals surface area (Å²) in [4.78, 5) is 23.3. The fraction of sp³-hybridized carbons (Fsp3) is 0.867. The highest BCUT2D eigenvalue weighted by atomic mass is 16.4. The Labute approximate surface area is 116 Å². The van der Waals surface area contributed by atoms with Gasteiger partial charge in [-0.1, -0.05) is 40.5 Å². The molecule has 0 aliphatic heterocycles. The first-order valence-electron chi connectivity index (χ1n) is 7.17. The third-order valence-corrected chi connectivity index (χ3v) is 4.61. The second-order valence-corrected chi connectivity index (χ2v) is 7.04. The van der Waals surface area contributed by atoms with E-state index in [1.165, 1.54) is 0 Å². The van der Waals surface area contributed by atoms with E-state index in [9.17, 15) is 14.7 Å². The summed E-state index contributed by atoms with van der Waals surface area (Å²) < 4.78 is 0. The van der Waals surface area contributed by atoms with Gasteiger partial charge in [-0.05, 0) is 24.2 Å². The van der Waals surface area contributed by atoms with Crippen LogP contribution in [0.4, 0.5) is 0 Å². The van der Waals surface area contributed by atoms with Crippen LogP contribution in [0.15, 0.2) is 0 Å². The first kappa shape index (κ1) is 16.0. The zero-order valence-corrected chi connectivity index (χ0v) is 12.6. The number of hydrogen-bond donors (Lipinski definition) is 2. The Morgan fingerprint density at radius 1 is 1.26 bits per heavy atom. The van der Waals surface area contributed by atoms with Gasteiger partial charge in [-0.15, -0.1) is 0 Å². The molecule has 0 radical (unpaired) electrons. The molecule has 0 saturated heterocycles. The van der Waals surface area contributed by atoms with Crippen LogP contribution in [0, 0.1) is 16.7 Å². The van der Waals surface area contributed by atoms with Crippen molar-refractivity contribution in [2.45, 2.75) is 59.8 Å². The zero-order valence-electron chi connectivity index (χ0n) is 12.6. The minimum atomic E-state index is -0.769. The van der Waals surface area contributed by atoms with E-state index in [0.717, 1.165) is 12.8 Å². The van der Waals surface area contributed by atoms with Gasteiger partial charge < -0.3 is 10.4 Å². The number of hydrogen-bond acceptors (Lipinski definition) is 2. The maximum absolute atomic E-state index is 11.9. The third-order valence-electron chi connectivity index (χ3n) is 4.61. The van der Waals surface area contributed by atoms with Crippen LogP contribution in [0.2, 0.25) is 0 Å². The van der Waals surface area contributed by atoms with Crippen LogP contribution in [0.25, 0.3) is 0 Å². The van der Waals surface area contributed by atoms with Crippen LogP contribution in [0.1, 0.15) is 59.8 Å². The van der Waals surface area contributed by atoms with Gasteiger partial charge in [0.1, 0.15) is 0 Å². The van der Waals surface area contributed by atoms with Gasteiger partial charge in [0.25, 0.3) is 0 Å². The molecule has 1 amide bonds. The highest BCUT2D eigenvalue weighted by molar-refractivity contribution is 5.79. The second-order valence-electron chi connectivity index (χ2n) is 7.04. The molecule has 1 aliphatic carbocycles. The lowest BCUT2D eigenvalue weighted by molar-refractivity contribution is -0.148. The Morgan fingerprint density at radius 2 is 1.79 bits per heavy atom. The number of amides is 1. The summed E-state index contributed by atoms with van der Waals surface area (Å²) in [5.41, 5.74) is -0.629. The van der Waals surface area contributed by atoms with E-state index in [4.69, 9.17) is 0 Å². The van der Waals surface area contributed by atoms with Crippen molar-refractivity contribution in [1.82, 2.24) is 5.32 Å². The number of carboxylic acid groups (broad SMARTS) is 1. The number of nitrogens with one attached hydrogen (secondary N) is 1. The molecule has 0 heterocycles. The Balaban J connectivity index is 2.47. The first-order chi connectivity index (χ1) is 8.67. The highest BCUT2D eigenvalue weighted by Crippen LogP contribution is 2.37. The van der Waals surface area contributed by atoms with Crippen molar-refractivity contribution in [2.24, 2.45) is 16.7 Å². The van der Waals surface area contributed by atoms with E-state index in [0.29, 0.717) is 19.3 Å². The van der Waals surface area contributed by atoms with Gasteiger partial charge in [-0.3, -0.25) is 9.59 Å². The number of carboxylic acids is 1. The van der Waals surface area contributed by atoms with E-state index in [1.54, 1.807) is 0 Å². The van der Waals surface area contributed by atoms with Crippen molar-refractivity contribution in [1.29, 1.82) is 0 Å². The number of carbonyl (C=O) groups excluding carboxylic acids is 1. The summed E-state index contributed by atoms with van der Waals surface area (Å²) in [5.74, 6) is -0.527. The molecule has 1 rings (SSSR count). The van der Waals surface area contributed by atoms with E-state index in [2.05, 4.69) is 33.0 Å². The molecule has 1 aliphatic rings. The van der Waals surface area contributed by atoms with Gasteiger partial charge in [-0.2, -0.15) is 0 Å². The molecule has 1 saturated carbocycles. The summed E-state index contributed by atoms with van der Waals surface area (Å²) >= 11 is 0. The van der Waals surface area contributed by atoms with Gasteiger partial charge in [0.05, 0.1) is 5.41 Å². The van der Waals surface area contributed by atoms with Crippen LogP contribution in [0.5, 0.6) is 0 Å². The smallest absolute Gasteiger partial charge is 0.311 e. The molecule has 0 bridgehead atoms. The van der Waals surface area contributed by atoms with Gasteiger partial charge in [0.2, 0.25) is 5.91 Å². The minimum absolute atomic E-state index is 0.0325. The predicted octanol–water partition coefficient (Wildman–Crippen LogP) is 2.82. The molecular formula is C15H27NO3. The zero-order chi connectivity index (χ0) is 14.7. The Bertz CT molecular complexity index is 338. The normalized spacial score (nSPS) is 20.0. The summed E-state index contributed by atoms with van der Waals surface area (Å²) in [6.07, 6.45) is 3.70. The van der Waals surface area contributed by atoms with E-state index in [-0.39, 0.29) is 23.8 Å². The molecule has 0 aromatic heterocycles. The highest BCUT2D eigenvalue weighted by Gasteiger charge is 2.41. The molecule has 0 aromatic carbocycles. The van der Waals surface area contributed by atoms with Crippen molar-refractivity contribution >= 4 is 11.9 Å². The number of aliphatic carboxylic acids is 1. The van der Waals surface area contributed by atoms with Crippen LogP contribution in [-0.2, 0) is 9.59 Å². The van der Waals surface area contributed by atoms with Crippen LogP contribution < -0.4 is 5.32 Å². The molecule has 1 unspecified atom stereocenters. The minimum Gasteiger partial charge on any atom is -0.481 e. The fourth-order valence-corrected chi connectivity index (χ4v) is 2.44. The monoisotopic (exact) mass is 269 g/mol. The second kappa shape index (κ2) is 5.93. The van der Waals surface area contributed by atoms with E-state index in [1.807, 2.05) is 0 Å². The lowest BCUT2D eigenvalue weighted by Gasteiger charge is -2.28.